The number of aryl methyl sites for hydroxylation is 1. The summed E-state index contributed by atoms with van der Waals surface area (Å²) in [5.41, 5.74) is 2.90. The number of hydrogen-bond acceptors (Lipinski definition) is 4. The Morgan fingerprint density at radius 1 is 1.19 bits per heavy atom. The molecule has 0 unspecified atom stereocenters. The summed E-state index contributed by atoms with van der Waals surface area (Å²) in [6, 6.07) is 10.6. The summed E-state index contributed by atoms with van der Waals surface area (Å²) in [7, 11) is 0. The predicted molar refractivity (Wildman–Crippen MR) is 96.2 cm³/mol. The van der Waals surface area contributed by atoms with Crippen LogP contribution in [0.4, 0.5) is 10.1 Å². The fourth-order valence-corrected chi connectivity index (χ4v) is 3.15. The Bertz CT molecular complexity index is 1070. The molecule has 0 saturated heterocycles. The maximum absolute atomic E-state index is 13.2. The summed E-state index contributed by atoms with van der Waals surface area (Å²) < 4.78 is 18.2. The second-order valence-corrected chi connectivity index (χ2v) is 6.30. The van der Waals surface area contributed by atoms with E-state index in [0.29, 0.717) is 33.1 Å². The average Bonchev–Trinajstić information content (AvgIpc) is 3.17. The molecule has 1 aromatic heterocycles. The number of benzene rings is 2. The van der Waals surface area contributed by atoms with E-state index in [-0.39, 0.29) is 22.9 Å². The van der Waals surface area contributed by atoms with Crippen LogP contribution in [0.5, 0.6) is 0 Å². The molecule has 0 aliphatic carbocycles. The highest BCUT2D eigenvalue weighted by Gasteiger charge is 2.31. The first kappa shape index (κ1) is 16.4. The Morgan fingerprint density at radius 2 is 1.92 bits per heavy atom. The number of nitrogens with zero attached hydrogens (tertiary/aromatic N) is 1. The van der Waals surface area contributed by atoms with Gasteiger partial charge >= 0.3 is 0 Å². The molecule has 0 radical (unpaired) electrons. The number of aromatic nitrogens is 1. The lowest BCUT2D eigenvalue weighted by molar-refractivity contribution is -0.110. The van der Waals surface area contributed by atoms with Crippen molar-refractivity contribution in [3.63, 3.8) is 0 Å². The standard InChI is InChI=1S/C19H12ClFN2O3/c1-9-6-16(26-23-9)18(24)17-13-7-12(10-2-4-11(21)5-3-10)14(20)8-15(13)22-19(17)25/h2-8,24H,1H3,(H,22,25). The van der Waals surface area contributed by atoms with Crippen molar-refractivity contribution >= 4 is 34.5 Å². The van der Waals surface area contributed by atoms with Gasteiger partial charge in [-0.1, -0.05) is 28.9 Å². The Hall–Kier alpha value is -3.12. The number of fused-ring (bicyclic) bond motifs is 1. The van der Waals surface area contributed by atoms with Crippen molar-refractivity contribution in [2.75, 3.05) is 5.32 Å². The maximum Gasteiger partial charge on any atom is 0.260 e. The third-order valence-electron chi connectivity index (χ3n) is 4.11. The van der Waals surface area contributed by atoms with E-state index in [4.69, 9.17) is 16.1 Å². The summed E-state index contributed by atoms with van der Waals surface area (Å²) in [6.45, 7) is 1.71. The average molecular weight is 371 g/mol. The van der Waals surface area contributed by atoms with Crippen LogP contribution in [0.2, 0.25) is 5.02 Å². The minimum atomic E-state index is -0.473. The normalized spacial score (nSPS) is 15.0. The number of anilines is 1. The molecule has 1 aliphatic heterocycles. The van der Waals surface area contributed by atoms with Crippen molar-refractivity contribution in [2.24, 2.45) is 0 Å². The van der Waals surface area contributed by atoms with Crippen LogP contribution in [0.1, 0.15) is 17.0 Å². The summed E-state index contributed by atoms with van der Waals surface area (Å²) >= 11 is 6.33. The van der Waals surface area contributed by atoms with Crippen molar-refractivity contribution in [3.8, 4) is 11.1 Å². The number of amides is 1. The van der Waals surface area contributed by atoms with Crippen molar-refractivity contribution < 1.29 is 18.8 Å². The second-order valence-electron chi connectivity index (χ2n) is 5.89. The summed E-state index contributed by atoms with van der Waals surface area (Å²) in [5.74, 6) is -1.05. The fourth-order valence-electron chi connectivity index (χ4n) is 2.87. The zero-order valence-corrected chi connectivity index (χ0v) is 14.3. The van der Waals surface area contributed by atoms with Gasteiger partial charge in [-0.05, 0) is 36.8 Å². The molecule has 4 rings (SSSR count). The van der Waals surface area contributed by atoms with Crippen LogP contribution >= 0.6 is 11.6 Å². The minimum Gasteiger partial charge on any atom is -0.504 e. The lowest BCUT2D eigenvalue weighted by Gasteiger charge is -2.08. The zero-order valence-electron chi connectivity index (χ0n) is 13.5. The number of carbonyl (C=O) groups is 1. The van der Waals surface area contributed by atoms with Crippen molar-refractivity contribution in [2.45, 2.75) is 6.92 Å². The van der Waals surface area contributed by atoms with E-state index >= 15 is 0 Å². The topological polar surface area (TPSA) is 75.4 Å². The molecule has 7 heteroatoms. The number of rotatable bonds is 2. The van der Waals surface area contributed by atoms with Crippen LogP contribution in [-0.4, -0.2) is 16.2 Å². The SMILES string of the molecule is Cc1cc(C(O)=C2C(=O)Nc3cc(Cl)c(-c4ccc(F)cc4)cc32)on1. The first-order valence-electron chi connectivity index (χ1n) is 7.72. The Kier molecular flexibility index (Phi) is 3.77. The predicted octanol–water partition coefficient (Wildman–Crippen LogP) is 4.82. The molecule has 3 aromatic rings. The van der Waals surface area contributed by atoms with E-state index in [1.165, 1.54) is 18.2 Å². The molecule has 2 aromatic carbocycles. The highest BCUT2D eigenvalue weighted by Crippen LogP contribution is 2.42. The van der Waals surface area contributed by atoms with E-state index in [2.05, 4.69) is 10.5 Å². The largest absolute Gasteiger partial charge is 0.504 e. The summed E-state index contributed by atoms with van der Waals surface area (Å²) in [5, 5.41) is 17.3. The number of halogens is 2. The third kappa shape index (κ3) is 2.64. The number of nitrogens with one attached hydrogen (secondary N) is 1. The molecular weight excluding hydrogens is 359 g/mol. The van der Waals surface area contributed by atoms with Gasteiger partial charge in [0, 0.05) is 17.2 Å². The molecule has 0 spiro atoms. The molecule has 1 amide bonds. The summed E-state index contributed by atoms with van der Waals surface area (Å²) in [4.78, 5) is 12.4. The molecule has 2 N–H and O–H groups in total. The fraction of sp³-hybridized carbons (Fsp3) is 0.0526. The Labute approximate surface area is 152 Å². The van der Waals surface area contributed by atoms with Gasteiger partial charge < -0.3 is 14.9 Å². The molecule has 130 valence electrons. The van der Waals surface area contributed by atoms with E-state index < -0.39 is 5.91 Å². The quantitative estimate of drug-likeness (QED) is 0.501. The van der Waals surface area contributed by atoms with Crippen LogP contribution in [-0.2, 0) is 4.79 Å². The molecule has 0 fully saturated rings. The molecule has 5 nitrogen and oxygen atoms in total. The maximum atomic E-state index is 13.2. The van der Waals surface area contributed by atoms with Gasteiger partial charge in [-0.3, -0.25) is 4.79 Å². The van der Waals surface area contributed by atoms with Crippen molar-refractivity contribution in [3.05, 3.63) is 70.3 Å². The number of carbonyl (C=O) groups excluding carboxylic acids is 1. The highest BCUT2D eigenvalue weighted by atomic mass is 35.5. The van der Waals surface area contributed by atoms with Gasteiger partial charge in [-0.2, -0.15) is 0 Å². The summed E-state index contributed by atoms with van der Waals surface area (Å²) in [6.07, 6.45) is 0. The van der Waals surface area contributed by atoms with Gasteiger partial charge in [-0.25, -0.2) is 4.39 Å². The number of aliphatic hydroxyl groups excluding tert-OH is 1. The van der Waals surface area contributed by atoms with E-state index in [0.717, 1.165) is 0 Å². The molecule has 26 heavy (non-hydrogen) atoms. The van der Waals surface area contributed by atoms with Gasteiger partial charge in [0.15, 0.2) is 5.76 Å². The third-order valence-corrected chi connectivity index (χ3v) is 4.42. The lowest BCUT2D eigenvalue weighted by Crippen LogP contribution is -2.05. The van der Waals surface area contributed by atoms with Gasteiger partial charge in [0.25, 0.3) is 5.91 Å². The molecule has 0 bridgehead atoms. The van der Waals surface area contributed by atoms with Gasteiger partial charge in [-0.15, -0.1) is 0 Å². The van der Waals surface area contributed by atoms with E-state index in [1.54, 1.807) is 31.2 Å². The van der Waals surface area contributed by atoms with Crippen LogP contribution in [0, 0.1) is 12.7 Å². The molecule has 1 aliphatic rings. The van der Waals surface area contributed by atoms with Gasteiger partial charge in [0.1, 0.15) is 5.82 Å². The minimum absolute atomic E-state index is 0.0659. The smallest absolute Gasteiger partial charge is 0.260 e. The Balaban J connectivity index is 1.90. The van der Waals surface area contributed by atoms with Crippen LogP contribution in [0.25, 0.3) is 22.5 Å². The first-order valence-corrected chi connectivity index (χ1v) is 8.10. The second kappa shape index (κ2) is 6.00. The lowest BCUT2D eigenvalue weighted by atomic mass is 9.98. The van der Waals surface area contributed by atoms with E-state index in [1.807, 2.05) is 0 Å². The van der Waals surface area contributed by atoms with Crippen LogP contribution < -0.4 is 5.32 Å². The van der Waals surface area contributed by atoms with E-state index in [9.17, 15) is 14.3 Å². The Morgan fingerprint density at radius 3 is 2.58 bits per heavy atom. The highest BCUT2D eigenvalue weighted by molar-refractivity contribution is 6.38. The van der Waals surface area contributed by atoms with Crippen LogP contribution in [0.3, 0.4) is 0 Å². The molecule has 0 atom stereocenters. The van der Waals surface area contributed by atoms with Crippen molar-refractivity contribution in [1.82, 2.24) is 5.16 Å². The number of aliphatic hydroxyl groups is 1. The first-order chi connectivity index (χ1) is 12.4. The van der Waals surface area contributed by atoms with Gasteiger partial charge in [0.05, 0.1) is 22.0 Å². The molecule has 0 saturated carbocycles. The molecule has 2 heterocycles. The number of hydrogen-bond donors (Lipinski definition) is 2. The zero-order chi connectivity index (χ0) is 18.4. The van der Waals surface area contributed by atoms with Crippen LogP contribution in [0.15, 0.2) is 47.0 Å². The molecular formula is C19H12ClFN2O3. The van der Waals surface area contributed by atoms with Gasteiger partial charge in [0.2, 0.25) is 5.76 Å². The van der Waals surface area contributed by atoms with Crippen molar-refractivity contribution in [1.29, 1.82) is 0 Å². The monoisotopic (exact) mass is 370 g/mol.